The Morgan fingerprint density at radius 1 is 1.27 bits per heavy atom. The topological polar surface area (TPSA) is 104 Å². The van der Waals surface area contributed by atoms with E-state index < -0.39 is 24.9 Å². The number of amides is 1. The van der Waals surface area contributed by atoms with Crippen molar-refractivity contribution in [3.8, 4) is 0 Å². The molecule has 2 rings (SSSR count). The molecular formula is C14H18F2N4O2. The van der Waals surface area contributed by atoms with Gasteiger partial charge in [-0.1, -0.05) is 6.07 Å². The molecule has 0 saturated carbocycles. The lowest BCUT2D eigenvalue weighted by atomic mass is 10.1. The molecule has 0 aliphatic carbocycles. The molecular weight excluding hydrogens is 294 g/mol. The summed E-state index contributed by atoms with van der Waals surface area (Å²) in [7, 11) is 0. The molecule has 2 aromatic rings. The molecule has 22 heavy (non-hydrogen) atoms. The van der Waals surface area contributed by atoms with Gasteiger partial charge in [0.15, 0.2) is 0 Å². The standard InChI is InChI=1S/C14H18F2N4O2/c15-14(16,7-17)8-18-12(21)3-1-2-9-4-5-10-11(6-9)20-13(22)19-10/h4-6H,1-3,7-8,17H2,(H,18,21)(H2,19,20,22). The highest BCUT2D eigenvalue weighted by Gasteiger charge is 2.26. The zero-order chi connectivity index (χ0) is 16.2. The Morgan fingerprint density at radius 3 is 2.73 bits per heavy atom. The maximum absolute atomic E-state index is 12.9. The van der Waals surface area contributed by atoms with Crippen LogP contribution in [-0.4, -0.2) is 34.9 Å². The monoisotopic (exact) mass is 312 g/mol. The number of aryl methyl sites for hydroxylation is 1. The molecule has 0 fully saturated rings. The molecule has 0 aliphatic heterocycles. The van der Waals surface area contributed by atoms with Crippen LogP contribution in [0.5, 0.6) is 0 Å². The average Bonchev–Trinajstić information content (AvgIpc) is 2.84. The second-order valence-corrected chi connectivity index (χ2v) is 5.15. The number of carbonyl (C=O) groups excluding carboxylic acids is 1. The lowest BCUT2D eigenvalue weighted by Crippen LogP contribution is -2.41. The number of alkyl halides is 2. The van der Waals surface area contributed by atoms with E-state index in [1.807, 2.05) is 12.1 Å². The maximum atomic E-state index is 12.9. The van der Waals surface area contributed by atoms with Crippen LogP contribution in [0, 0.1) is 0 Å². The Hall–Kier alpha value is -2.22. The molecule has 0 bridgehead atoms. The zero-order valence-electron chi connectivity index (χ0n) is 11.9. The van der Waals surface area contributed by atoms with Gasteiger partial charge in [-0.15, -0.1) is 0 Å². The summed E-state index contributed by atoms with van der Waals surface area (Å²) in [6.07, 6.45) is 1.30. The molecule has 1 aromatic carbocycles. The summed E-state index contributed by atoms with van der Waals surface area (Å²) >= 11 is 0. The molecule has 120 valence electrons. The van der Waals surface area contributed by atoms with E-state index in [-0.39, 0.29) is 12.1 Å². The number of rotatable bonds is 7. The van der Waals surface area contributed by atoms with Crippen LogP contribution in [-0.2, 0) is 11.2 Å². The molecule has 0 unspecified atom stereocenters. The van der Waals surface area contributed by atoms with Gasteiger partial charge in [0.2, 0.25) is 5.91 Å². The predicted octanol–water partition coefficient (Wildman–Crippen LogP) is 0.889. The van der Waals surface area contributed by atoms with Gasteiger partial charge in [0.25, 0.3) is 5.92 Å². The molecule has 5 N–H and O–H groups in total. The highest BCUT2D eigenvalue weighted by atomic mass is 19.3. The molecule has 1 heterocycles. The Bertz CT molecular complexity index is 708. The molecule has 0 radical (unpaired) electrons. The molecule has 8 heteroatoms. The van der Waals surface area contributed by atoms with Gasteiger partial charge in [-0.2, -0.15) is 0 Å². The van der Waals surface area contributed by atoms with Gasteiger partial charge in [-0.05, 0) is 30.5 Å². The van der Waals surface area contributed by atoms with Crippen LogP contribution in [0.2, 0.25) is 0 Å². The number of halogens is 2. The summed E-state index contributed by atoms with van der Waals surface area (Å²) in [6, 6.07) is 5.46. The minimum atomic E-state index is -3.07. The summed E-state index contributed by atoms with van der Waals surface area (Å²) in [6.45, 7) is -1.53. The summed E-state index contributed by atoms with van der Waals surface area (Å²) in [5.41, 5.74) is 7.00. The smallest absolute Gasteiger partial charge is 0.323 e. The van der Waals surface area contributed by atoms with Crippen molar-refractivity contribution in [2.45, 2.75) is 25.2 Å². The SMILES string of the molecule is NCC(F)(F)CNC(=O)CCCc1ccc2[nH]c(=O)[nH]c2c1. The first-order chi connectivity index (χ1) is 10.4. The average molecular weight is 312 g/mol. The number of imidazole rings is 1. The van der Waals surface area contributed by atoms with Crippen LogP contribution < -0.4 is 16.7 Å². The number of benzene rings is 1. The van der Waals surface area contributed by atoms with Crippen molar-refractivity contribution in [2.75, 3.05) is 13.1 Å². The summed E-state index contributed by atoms with van der Waals surface area (Å²) in [4.78, 5) is 27.9. The number of H-pyrrole nitrogens is 2. The molecule has 0 atom stereocenters. The van der Waals surface area contributed by atoms with Gasteiger partial charge < -0.3 is 21.0 Å². The van der Waals surface area contributed by atoms with Gasteiger partial charge in [0.1, 0.15) is 0 Å². The van der Waals surface area contributed by atoms with Crippen molar-refractivity contribution >= 4 is 16.9 Å². The second-order valence-electron chi connectivity index (χ2n) is 5.15. The largest absolute Gasteiger partial charge is 0.350 e. The third kappa shape index (κ3) is 4.39. The fourth-order valence-corrected chi connectivity index (χ4v) is 2.08. The van der Waals surface area contributed by atoms with E-state index in [4.69, 9.17) is 5.73 Å². The first-order valence-electron chi connectivity index (χ1n) is 6.95. The number of hydrogen-bond acceptors (Lipinski definition) is 3. The fourth-order valence-electron chi connectivity index (χ4n) is 2.08. The summed E-state index contributed by atoms with van der Waals surface area (Å²) < 4.78 is 25.8. The molecule has 1 amide bonds. The predicted molar refractivity (Wildman–Crippen MR) is 78.9 cm³/mol. The van der Waals surface area contributed by atoms with Crippen LogP contribution >= 0.6 is 0 Å². The third-order valence-electron chi connectivity index (χ3n) is 3.29. The Balaban J connectivity index is 1.79. The number of nitrogens with two attached hydrogens (primary N) is 1. The first kappa shape index (κ1) is 16.2. The highest BCUT2D eigenvalue weighted by molar-refractivity contribution is 5.76. The van der Waals surface area contributed by atoms with Crippen LogP contribution in [0.3, 0.4) is 0 Å². The summed E-state index contributed by atoms with van der Waals surface area (Å²) in [5.74, 6) is -3.50. The molecule has 6 nitrogen and oxygen atoms in total. The highest BCUT2D eigenvalue weighted by Crippen LogP contribution is 2.13. The fraction of sp³-hybridized carbons (Fsp3) is 0.429. The van der Waals surface area contributed by atoms with Crippen molar-refractivity contribution in [1.29, 1.82) is 0 Å². The lowest BCUT2D eigenvalue weighted by Gasteiger charge is -2.14. The Kier molecular flexibility index (Phi) is 4.92. The van der Waals surface area contributed by atoms with Crippen LogP contribution in [0.1, 0.15) is 18.4 Å². The molecule has 0 aliphatic rings. The van der Waals surface area contributed by atoms with E-state index in [2.05, 4.69) is 15.3 Å². The Labute approximate surface area is 125 Å². The number of fused-ring (bicyclic) bond motifs is 1. The van der Waals surface area contributed by atoms with E-state index in [1.54, 1.807) is 6.07 Å². The van der Waals surface area contributed by atoms with Crippen molar-refractivity contribution < 1.29 is 13.6 Å². The number of hydrogen-bond donors (Lipinski definition) is 4. The summed E-state index contributed by atoms with van der Waals surface area (Å²) in [5, 5.41) is 2.17. The molecule has 0 saturated heterocycles. The van der Waals surface area contributed by atoms with Gasteiger partial charge in [0.05, 0.1) is 24.1 Å². The van der Waals surface area contributed by atoms with Crippen molar-refractivity contribution in [3.63, 3.8) is 0 Å². The second kappa shape index (κ2) is 6.69. The zero-order valence-corrected chi connectivity index (χ0v) is 11.9. The maximum Gasteiger partial charge on any atom is 0.323 e. The minimum absolute atomic E-state index is 0.155. The molecule has 1 aromatic heterocycles. The van der Waals surface area contributed by atoms with E-state index in [0.29, 0.717) is 18.4 Å². The van der Waals surface area contributed by atoms with Gasteiger partial charge >= 0.3 is 5.69 Å². The lowest BCUT2D eigenvalue weighted by molar-refractivity contribution is -0.122. The van der Waals surface area contributed by atoms with Gasteiger partial charge in [-0.3, -0.25) is 4.79 Å². The molecule has 0 spiro atoms. The Morgan fingerprint density at radius 2 is 2.00 bits per heavy atom. The third-order valence-corrected chi connectivity index (χ3v) is 3.29. The van der Waals surface area contributed by atoms with E-state index in [0.717, 1.165) is 11.1 Å². The van der Waals surface area contributed by atoms with Crippen LogP contribution in [0.4, 0.5) is 8.78 Å². The number of aromatic nitrogens is 2. The van der Waals surface area contributed by atoms with E-state index in [1.165, 1.54) is 0 Å². The van der Waals surface area contributed by atoms with Crippen LogP contribution in [0.15, 0.2) is 23.0 Å². The number of aromatic amines is 2. The van der Waals surface area contributed by atoms with Crippen molar-refractivity contribution in [3.05, 3.63) is 34.2 Å². The first-order valence-corrected chi connectivity index (χ1v) is 6.95. The van der Waals surface area contributed by atoms with Crippen LogP contribution in [0.25, 0.3) is 11.0 Å². The van der Waals surface area contributed by atoms with E-state index in [9.17, 15) is 18.4 Å². The van der Waals surface area contributed by atoms with Crippen molar-refractivity contribution in [2.24, 2.45) is 5.73 Å². The van der Waals surface area contributed by atoms with Crippen molar-refractivity contribution in [1.82, 2.24) is 15.3 Å². The minimum Gasteiger partial charge on any atom is -0.350 e. The van der Waals surface area contributed by atoms with Gasteiger partial charge in [-0.25, -0.2) is 13.6 Å². The number of carbonyl (C=O) groups is 1. The normalized spacial score (nSPS) is 11.8. The van der Waals surface area contributed by atoms with E-state index >= 15 is 0 Å². The number of nitrogens with one attached hydrogen (secondary N) is 3. The quantitative estimate of drug-likeness (QED) is 0.610. The van der Waals surface area contributed by atoms with Gasteiger partial charge in [0, 0.05) is 6.42 Å².